The van der Waals surface area contributed by atoms with Gasteiger partial charge in [0.25, 0.3) is 0 Å². The maximum Gasteiger partial charge on any atom is 0.302 e. The molecule has 0 aliphatic carbocycles. The molecule has 62 heavy (non-hydrogen) atoms. The van der Waals surface area contributed by atoms with Gasteiger partial charge < -0.3 is 62.7 Å². The first kappa shape index (κ1) is 50.0. The van der Waals surface area contributed by atoms with E-state index in [0.717, 1.165) is 11.3 Å². The van der Waals surface area contributed by atoms with Gasteiger partial charge in [0.1, 0.15) is 30.5 Å². The number of hydrogen-bond acceptors (Lipinski definition) is 16. The molecule has 3 N–H and O–H groups in total. The van der Waals surface area contributed by atoms with Crippen LogP contribution in [0.15, 0.2) is 36.4 Å². The van der Waals surface area contributed by atoms with Gasteiger partial charge in [0, 0.05) is 91.3 Å². The lowest BCUT2D eigenvalue weighted by atomic mass is 9.78. The van der Waals surface area contributed by atoms with Crippen LogP contribution in [-0.2, 0) is 63.6 Å². The predicted octanol–water partition coefficient (Wildman–Crippen LogP) is 4.84. The molecule has 4 aliphatic rings. The van der Waals surface area contributed by atoms with Crippen molar-refractivity contribution in [3.8, 4) is 5.75 Å². The molecule has 1 aromatic carbocycles. The molecule has 0 unspecified atom stereocenters. The van der Waals surface area contributed by atoms with Crippen LogP contribution in [0.2, 0.25) is 0 Å². The highest BCUT2D eigenvalue weighted by molar-refractivity contribution is 5.82. The number of methoxy groups -OCH3 is 2. The Balaban J connectivity index is 1.20. The maximum absolute atomic E-state index is 14.2. The molecular formula is C46H70O16. The lowest BCUT2D eigenvalue weighted by molar-refractivity contribution is -0.350. The van der Waals surface area contributed by atoms with Gasteiger partial charge in [0.05, 0.1) is 68.5 Å². The largest absolute Gasteiger partial charge is 0.497 e. The lowest BCUT2D eigenvalue weighted by Gasteiger charge is -2.52. The molecule has 350 valence electrons. The fourth-order valence-electron chi connectivity index (χ4n) is 9.74. The van der Waals surface area contributed by atoms with Crippen LogP contribution in [0.25, 0.3) is 0 Å². The Hall–Kier alpha value is -3.03. The average Bonchev–Trinajstić information content (AvgIpc) is 3.17. The smallest absolute Gasteiger partial charge is 0.302 e. The number of rotatable bonds is 20. The average molecular weight is 879 g/mol. The zero-order valence-corrected chi connectivity index (χ0v) is 37.5. The summed E-state index contributed by atoms with van der Waals surface area (Å²) in [6.07, 6.45) is -1.77. The fraction of sp³-hybridized carbons (Fsp3) is 0.761. The number of aliphatic hydroxyl groups is 3. The molecule has 0 bridgehead atoms. The Morgan fingerprint density at radius 3 is 2.15 bits per heavy atom. The van der Waals surface area contributed by atoms with Crippen LogP contribution in [0.4, 0.5) is 0 Å². The van der Waals surface area contributed by atoms with Crippen molar-refractivity contribution in [1.82, 2.24) is 0 Å². The van der Waals surface area contributed by atoms with E-state index >= 15 is 0 Å². The molecule has 0 amide bonds. The van der Waals surface area contributed by atoms with E-state index in [2.05, 4.69) is 6.58 Å². The summed E-state index contributed by atoms with van der Waals surface area (Å²) >= 11 is 0. The number of hydrogen-bond donors (Lipinski definition) is 3. The topological polar surface area (TPSA) is 204 Å². The van der Waals surface area contributed by atoms with E-state index in [1.54, 1.807) is 28.1 Å². The number of benzene rings is 1. The van der Waals surface area contributed by atoms with Gasteiger partial charge in [-0.25, -0.2) is 0 Å². The summed E-state index contributed by atoms with van der Waals surface area (Å²) in [6, 6.07) is 7.54. The molecule has 13 atom stereocenters. The number of aliphatic hydroxyl groups excluding tert-OH is 2. The number of ketones is 1. The third-order valence-corrected chi connectivity index (χ3v) is 12.4. The van der Waals surface area contributed by atoms with E-state index in [0.29, 0.717) is 44.3 Å². The first-order valence-corrected chi connectivity index (χ1v) is 21.9. The number of carbonyl (C=O) groups excluding carboxylic acids is 3. The van der Waals surface area contributed by atoms with Crippen molar-refractivity contribution in [2.24, 2.45) is 11.8 Å². The van der Waals surface area contributed by atoms with Crippen molar-refractivity contribution in [3.05, 3.63) is 42.0 Å². The van der Waals surface area contributed by atoms with Gasteiger partial charge in [-0.05, 0) is 37.5 Å². The molecule has 16 nitrogen and oxygen atoms in total. The highest BCUT2D eigenvalue weighted by Crippen LogP contribution is 2.46. The molecule has 4 aliphatic heterocycles. The van der Waals surface area contributed by atoms with Gasteiger partial charge in [-0.15, -0.1) is 0 Å². The Morgan fingerprint density at radius 1 is 0.823 bits per heavy atom. The lowest BCUT2D eigenvalue weighted by Crippen LogP contribution is -2.58. The minimum Gasteiger partial charge on any atom is -0.497 e. The van der Waals surface area contributed by atoms with Crippen molar-refractivity contribution in [2.45, 2.75) is 178 Å². The highest BCUT2D eigenvalue weighted by Gasteiger charge is 2.53. The first-order chi connectivity index (χ1) is 29.3. The molecule has 0 saturated carbocycles. The maximum atomic E-state index is 14.2. The van der Waals surface area contributed by atoms with E-state index in [4.69, 9.17) is 47.4 Å². The van der Waals surface area contributed by atoms with Crippen molar-refractivity contribution in [3.63, 3.8) is 0 Å². The highest BCUT2D eigenvalue weighted by atomic mass is 16.7. The quantitative estimate of drug-likeness (QED) is 0.0694. The molecule has 1 aromatic rings. The van der Waals surface area contributed by atoms with E-state index in [1.165, 1.54) is 13.8 Å². The van der Waals surface area contributed by atoms with Gasteiger partial charge in [0.15, 0.2) is 11.6 Å². The fourth-order valence-corrected chi connectivity index (χ4v) is 9.74. The van der Waals surface area contributed by atoms with Crippen LogP contribution >= 0.6 is 0 Å². The molecule has 2 spiro atoms. The van der Waals surface area contributed by atoms with E-state index in [-0.39, 0.29) is 70.4 Å². The number of carbonyl (C=O) groups is 3. The van der Waals surface area contributed by atoms with Gasteiger partial charge in [-0.1, -0.05) is 38.1 Å². The second kappa shape index (κ2) is 22.2. The van der Waals surface area contributed by atoms with Gasteiger partial charge in [0.2, 0.25) is 0 Å². The summed E-state index contributed by atoms with van der Waals surface area (Å²) in [4.78, 5) is 38.6. The SMILES string of the molecule is C=C(C[C@H]1C[C@](C)(O)C[C@@]2(C[C@@H](OC(C)=O)C[C@H](CCO)O2)O1)[C@@H](C)[C@H](OC(C)=O)[C@H](C)C(=O)C[C@@H]1C[C@H](OC)C[C@]2(C[C@@H](O)C[C@H](COCOCc3ccc(OC)cc3)O2)O1. The first-order valence-electron chi connectivity index (χ1n) is 21.9. The zero-order valence-electron chi connectivity index (χ0n) is 37.5. The summed E-state index contributed by atoms with van der Waals surface area (Å²) in [5, 5.41) is 32.2. The standard InChI is InChI=1S/C46H70O16/c1-28(15-40-21-44(6,52)26-46(61-40)23-39(57-31(4)48)17-36(59-46)13-14-47)29(2)43(58-32(5)49)30(3)42(51)19-37-18-38(54-8)22-45(60-37)20-34(50)16-41(62-45)25-56-27-55-24-33-9-11-35(53-7)12-10-33/h9-12,29-30,34,36-41,43,47,50,52H,1,13-27H2,2-8H3/t29-,30-,34+,36+,37+,38+,39+,40+,41-,43+,44+,45-,46-/m1/s1. The number of ether oxygens (including phenoxy) is 10. The summed E-state index contributed by atoms with van der Waals surface area (Å²) in [5.74, 6) is -4.19. The van der Waals surface area contributed by atoms with Crippen molar-refractivity contribution in [1.29, 1.82) is 0 Å². The van der Waals surface area contributed by atoms with Crippen LogP contribution in [0.1, 0.15) is 111 Å². The van der Waals surface area contributed by atoms with Crippen molar-refractivity contribution in [2.75, 3.05) is 34.2 Å². The van der Waals surface area contributed by atoms with Crippen LogP contribution < -0.4 is 4.74 Å². The Bertz CT molecular complexity index is 1630. The number of esters is 2. The third-order valence-electron chi connectivity index (χ3n) is 12.4. The molecule has 16 heteroatoms. The van der Waals surface area contributed by atoms with Gasteiger partial charge >= 0.3 is 11.9 Å². The summed E-state index contributed by atoms with van der Waals surface area (Å²) < 4.78 is 60.0. The van der Waals surface area contributed by atoms with Crippen LogP contribution in [0, 0.1) is 11.8 Å². The van der Waals surface area contributed by atoms with E-state index < -0.39 is 83.7 Å². The molecule has 4 saturated heterocycles. The van der Waals surface area contributed by atoms with Crippen molar-refractivity contribution >= 4 is 17.7 Å². The van der Waals surface area contributed by atoms with Gasteiger partial charge in [-0.3, -0.25) is 14.4 Å². The molecular weight excluding hydrogens is 808 g/mol. The molecule has 0 aromatic heterocycles. The molecule has 4 heterocycles. The molecule has 5 rings (SSSR count). The van der Waals surface area contributed by atoms with Crippen molar-refractivity contribution < 1.29 is 77.1 Å². The van der Waals surface area contributed by atoms with Crippen LogP contribution in [-0.4, -0.2) is 133 Å². The second-order valence-corrected chi connectivity index (χ2v) is 18.1. The summed E-state index contributed by atoms with van der Waals surface area (Å²) in [6.45, 7) is 12.7. The van der Waals surface area contributed by atoms with Crippen LogP contribution in [0.5, 0.6) is 5.75 Å². The Kier molecular flexibility index (Phi) is 17.9. The zero-order chi connectivity index (χ0) is 45.2. The van der Waals surface area contributed by atoms with E-state index in [9.17, 15) is 29.7 Å². The normalized spacial score (nSPS) is 33.9. The third kappa shape index (κ3) is 14.2. The Labute approximate surface area is 365 Å². The molecule has 4 fully saturated rings. The Morgan fingerprint density at radius 2 is 1.48 bits per heavy atom. The monoisotopic (exact) mass is 878 g/mol. The number of Topliss-reactive ketones (excluding diaryl/α,β-unsaturated/α-hetero) is 1. The summed E-state index contributed by atoms with van der Waals surface area (Å²) in [7, 11) is 3.21. The summed E-state index contributed by atoms with van der Waals surface area (Å²) in [5.41, 5.74) is 0.401. The second-order valence-electron chi connectivity index (χ2n) is 18.1. The minimum absolute atomic E-state index is 0.0213. The van der Waals surface area contributed by atoms with E-state index in [1.807, 2.05) is 31.2 Å². The predicted molar refractivity (Wildman–Crippen MR) is 222 cm³/mol. The van der Waals surface area contributed by atoms with Gasteiger partial charge in [-0.2, -0.15) is 0 Å². The molecule has 0 radical (unpaired) electrons. The minimum atomic E-state index is -1.28. The van der Waals surface area contributed by atoms with Crippen LogP contribution in [0.3, 0.4) is 0 Å².